The molecule has 1 saturated carbocycles. The topological polar surface area (TPSA) is 83.4 Å². The van der Waals surface area contributed by atoms with Gasteiger partial charge in [0.05, 0.1) is 12.8 Å². The third kappa shape index (κ3) is 5.27. The van der Waals surface area contributed by atoms with Crippen molar-refractivity contribution in [1.29, 1.82) is 0 Å². The van der Waals surface area contributed by atoms with Crippen LogP contribution < -0.4 is 16.2 Å². The van der Waals surface area contributed by atoms with Crippen molar-refractivity contribution >= 4 is 11.8 Å². The van der Waals surface area contributed by atoms with Crippen molar-refractivity contribution in [1.82, 2.24) is 16.2 Å². The number of hydrazine groups is 1. The number of furan rings is 1. The van der Waals surface area contributed by atoms with Gasteiger partial charge < -0.3 is 15.2 Å². The third-order valence-corrected chi connectivity index (χ3v) is 3.72. The van der Waals surface area contributed by atoms with E-state index in [-0.39, 0.29) is 17.7 Å². The van der Waals surface area contributed by atoms with E-state index in [0.29, 0.717) is 18.0 Å². The SMILES string of the molecule is C/C(=C\C(=O)NCc1ccco1)NNC(=O)C1CCCCC1. The van der Waals surface area contributed by atoms with Crippen LogP contribution in [0.3, 0.4) is 0 Å². The molecule has 0 aromatic carbocycles. The summed E-state index contributed by atoms with van der Waals surface area (Å²) < 4.78 is 5.13. The Bertz CT molecular complexity index is 517. The lowest BCUT2D eigenvalue weighted by atomic mass is 9.89. The second-order valence-electron chi connectivity index (χ2n) is 5.57. The molecule has 0 bridgehead atoms. The summed E-state index contributed by atoms with van der Waals surface area (Å²) in [6.45, 7) is 2.07. The molecule has 1 aliphatic rings. The molecule has 0 unspecified atom stereocenters. The molecule has 120 valence electrons. The first kappa shape index (κ1) is 16.1. The summed E-state index contributed by atoms with van der Waals surface area (Å²) in [6, 6.07) is 3.56. The average Bonchev–Trinajstić information content (AvgIpc) is 3.05. The second kappa shape index (κ2) is 8.26. The smallest absolute Gasteiger partial charge is 0.246 e. The van der Waals surface area contributed by atoms with Gasteiger partial charge in [-0.05, 0) is 31.9 Å². The zero-order valence-corrected chi connectivity index (χ0v) is 12.9. The first-order valence-electron chi connectivity index (χ1n) is 7.69. The van der Waals surface area contributed by atoms with Gasteiger partial charge in [-0.1, -0.05) is 19.3 Å². The van der Waals surface area contributed by atoms with E-state index < -0.39 is 0 Å². The van der Waals surface area contributed by atoms with E-state index in [1.54, 1.807) is 25.3 Å². The molecule has 2 amide bonds. The molecule has 6 nitrogen and oxygen atoms in total. The van der Waals surface area contributed by atoms with E-state index in [0.717, 1.165) is 25.7 Å². The maximum absolute atomic E-state index is 12.0. The van der Waals surface area contributed by atoms with Gasteiger partial charge in [-0.25, -0.2) is 0 Å². The van der Waals surface area contributed by atoms with Gasteiger partial charge >= 0.3 is 0 Å². The minimum absolute atomic E-state index is 0.00319. The van der Waals surface area contributed by atoms with Crippen molar-refractivity contribution in [2.45, 2.75) is 45.6 Å². The van der Waals surface area contributed by atoms with Gasteiger partial charge in [-0.15, -0.1) is 0 Å². The number of rotatable bonds is 6. The highest BCUT2D eigenvalue weighted by atomic mass is 16.3. The number of carbonyl (C=O) groups excluding carboxylic acids is 2. The van der Waals surface area contributed by atoms with E-state index in [1.165, 1.54) is 12.5 Å². The zero-order chi connectivity index (χ0) is 15.8. The third-order valence-electron chi connectivity index (χ3n) is 3.72. The molecule has 6 heteroatoms. The van der Waals surface area contributed by atoms with Crippen LogP contribution in [-0.4, -0.2) is 11.8 Å². The van der Waals surface area contributed by atoms with E-state index in [9.17, 15) is 9.59 Å². The minimum Gasteiger partial charge on any atom is -0.467 e. The maximum atomic E-state index is 12.0. The summed E-state index contributed by atoms with van der Waals surface area (Å²) in [6.07, 6.45) is 8.30. The predicted octanol–water partition coefficient (Wildman–Crippen LogP) is 2.00. The predicted molar refractivity (Wildman–Crippen MR) is 82.2 cm³/mol. The van der Waals surface area contributed by atoms with Crippen molar-refractivity contribution in [2.24, 2.45) is 5.92 Å². The quantitative estimate of drug-likeness (QED) is 0.554. The van der Waals surface area contributed by atoms with Crippen LogP contribution in [0, 0.1) is 5.92 Å². The van der Waals surface area contributed by atoms with E-state index in [1.807, 2.05) is 0 Å². The number of amides is 2. The molecule has 1 aliphatic carbocycles. The summed E-state index contributed by atoms with van der Waals surface area (Å²) in [5.41, 5.74) is 6.04. The van der Waals surface area contributed by atoms with Gasteiger partial charge in [0, 0.05) is 17.7 Å². The van der Waals surface area contributed by atoms with Crippen molar-refractivity contribution < 1.29 is 14.0 Å². The summed E-state index contributed by atoms with van der Waals surface area (Å²) in [7, 11) is 0. The largest absolute Gasteiger partial charge is 0.467 e. The Labute approximate surface area is 130 Å². The number of hydrogen-bond acceptors (Lipinski definition) is 4. The first-order valence-corrected chi connectivity index (χ1v) is 7.69. The van der Waals surface area contributed by atoms with Crippen LogP contribution >= 0.6 is 0 Å². The lowest BCUT2D eigenvalue weighted by Crippen LogP contribution is -2.41. The summed E-state index contributed by atoms with van der Waals surface area (Å²) in [5, 5.41) is 2.71. The molecule has 3 N–H and O–H groups in total. The fraction of sp³-hybridized carbons (Fsp3) is 0.500. The van der Waals surface area contributed by atoms with Crippen LogP contribution in [0.25, 0.3) is 0 Å². The molecular weight excluding hydrogens is 282 g/mol. The van der Waals surface area contributed by atoms with E-state index in [2.05, 4.69) is 16.2 Å². The van der Waals surface area contributed by atoms with Crippen molar-refractivity contribution in [3.8, 4) is 0 Å². The molecule has 0 radical (unpaired) electrons. The number of nitrogens with one attached hydrogen (secondary N) is 3. The summed E-state index contributed by atoms with van der Waals surface area (Å²) in [5.74, 6) is 0.538. The lowest BCUT2D eigenvalue weighted by Gasteiger charge is -2.21. The van der Waals surface area contributed by atoms with Gasteiger partial charge in [0.1, 0.15) is 5.76 Å². The van der Waals surface area contributed by atoms with Crippen molar-refractivity contribution in [2.75, 3.05) is 0 Å². The standard InChI is InChI=1S/C16H23N3O3/c1-12(10-15(20)17-11-14-8-5-9-22-14)18-19-16(21)13-6-3-2-4-7-13/h5,8-10,13,18H,2-4,6-7,11H2,1H3,(H,17,20)(H,19,21)/b12-10+. The normalized spacial score (nSPS) is 16.1. The Kier molecular flexibility index (Phi) is 6.06. The van der Waals surface area contributed by atoms with Crippen LogP contribution in [0.1, 0.15) is 44.8 Å². The molecule has 2 rings (SSSR count). The molecule has 1 fully saturated rings. The molecule has 1 aromatic heterocycles. The van der Waals surface area contributed by atoms with Crippen LogP contribution in [0.4, 0.5) is 0 Å². The van der Waals surface area contributed by atoms with Gasteiger partial charge in [0.25, 0.3) is 0 Å². The Hall–Kier alpha value is -2.24. The second-order valence-corrected chi connectivity index (χ2v) is 5.57. The van der Waals surface area contributed by atoms with Crippen LogP contribution in [0.5, 0.6) is 0 Å². The number of carbonyl (C=O) groups is 2. The summed E-state index contributed by atoms with van der Waals surface area (Å²) in [4.78, 5) is 23.7. The molecular formula is C16H23N3O3. The van der Waals surface area contributed by atoms with Gasteiger partial charge in [0.2, 0.25) is 11.8 Å². The first-order chi connectivity index (χ1) is 10.6. The van der Waals surface area contributed by atoms with Crippen LogP contribution in [-0.2, 0) is 16.1 Å². The highest BCUT2D eigenvalue weighted by Gasteiger charge is 2.20. The highest BCUT2D eigenvalue weighted by molar-refractivity contribution is 5.88. The molecule has 0 saturated heterocycles. The lowest BCUT2D eigenvalue weighted by molar-refractivity contribution is -0.126. The molecule has 1 aromatic rings. The molecule has 0 aliphatic heterocycles. The molecule has 1 heterocycles. The fourth-order valence-corrected chi connectivity index (χ4v) is 2.50. The van der Waals surface area contributed by atoms with Crippen molar-refractivity contribution in [3.63, 3.8) is 0 Å². The molecule has 22 heavy (non-hydrogen) atoms. The average molecular weight is 305 g/mol. The van der Waals surface area contributed by atoms with E-state index in [4.69, 9.17) is 4.42 Å². The Balaban J connectivity index is 1.69. The van der Waals surface area contributed by atoms with E-state index >= 15 is 0 Å². The minimum atomic E-state index is -0.242. The maximum Gasteiger partial charge on any atom is 0.246 e. The monoisotopic (exact) mass is 305 g/mol. The Morgan fingerprint density at radius 2 is 2.05 bits per heavy atom. The van der Waals surface area contributed by atoms with Gasteiger partial charge in [-0.2, -0.15) is 0 Å². The number of allylic oxidation sites excluding steroid dienone is 1. The Morgan fingerprint density at radius 1 is 1.27 bits per heavy atom. The van der Waals surface area contributed by atoms with Crippen molar-refractivity contribution in [3.05, 3.63) is 35.9 Å². The molecule has 0 spiro atoms. The van der Waals surface area contributed by atoms with Gasteiger partial charge in [0.15, 0.2) is 0 Å². The zero-order valence-electron chi connectivity index (χ0n) is 12.9. The van der Waals surface area contributed by atoms with Crippen LogP contribution in [0.15, 0.2) is 34.6 Å². The van der Waals surface area contributed by atoms with Gasteiger partial charge in [-0.3, -0.25) is 15.0 Å². The van der Waals surface area contributed by atoms with Crippen LogP contribution in [0.2, 0.25) is 0 Å². The highest BCUT2D eigenvalue weighted by Crippen LogP contribution is 2.23. The molecule has 0 atom stereocenters. The summed E-state index contributed by atoms with van der Waals surface area (Å²) >= 11 is 0. The number of hydrogen-bond donors (Lipinski definition) is 3. The Morgan fingerprint density at radius 3 is 2.73 bits per heavy atom. The fourth-order valence-electron chi connectivity index (χ4n) is 2.50.